The second-order valence-corrected chi connectivity index (χ2v) is 9.57. The Morgan fingerprint density at radius 2 is 1.71 bits per heavy atom. The summed E-state index contributed by atoms with van der Waals surface area (Å²) in [5.41, 5.74) is 1.57. The van der Waals surface area contributed by atoms with Gasteiger partial charge in [-0.05, 0) is 58.4 Å². The minimum absolute atomic E-state index is 0.0422. The number of benzene rings is 1. The molecule has 0 saturated carbocycles. The van der Waals surface area contributed by atoms with Crippen molar-refractivity contribution in [3.8, 4) is 0 Å². The minimum Gasteiger partial charge on any atom is -0.453 e. The molecule has 31 heavy (non-hydrogen) atoms. The van der Waals surface area contributed by atoms with Crippen LogP contribution in [-0.2, 0) is 19.6 Å². The average Bonchev–Trinajstić information content (AvgIpc) is 2.96. The number of ketones is 2. The fourth-order valence-electron chi connectivity index (χ4n) is 3.05. The zero-order chi connectivity index (χ0) is 23.7. The first kappa shape index (κ1) is 25.1. The van der Waals surface area contributed by atoms with Gasteiger partial charge in [0.05, 0.1) is 20.6 Å². The summed E-state index contributed by atoms with van der Waals surface area (Å²) in [5.74, 6) is -1.68. The number of hydrogen-bond acceptors (Lipinski definition) is 6. The highest BCUT2D eigenvalue weighted by Gasteiger charge is 2.29. The number of sulfonamides is 1. The summed E-state index contributed by atoms with van der Waals surface area (Å²) in [4.78, 5) is 39.5. The van der Waals surface area contributed by atoms with E-state index in [9.17, 15) is 22.8 Å². The molecule has 0 spiro atoms. The van der Waals surface area contributed by atoms with E-state index in [1.165, 1.54) is 32.9 Å². The third-order valence-electron chi connectivity index (χ3n) is 4.58. The second-order valence-electron chi connectivity index (χ2n) is 7.04. The molecule has 1 heterocycles. The lowest BCUT2D eigenvalue weighted by atomic mass is 10.0. The molecule has 0 aliphatic heterocycles. The quantitative estimate of drug-likeness (QED) is 0.432. The monoisotopic (exact) mass is 488 g/mol. The predicted molar refractivity (Wildman–Crippen MR) is 116 cm³/mol. The molecule has 0 radical (unpaired) electrons. The molecule has 8 nitrogen and oxygen atoms in total. The van der Waals surface area contributed by atoms with Crippen molar-refractivity contribution in [3.63, 3.8) is 0 Å². The number of aryl methyl sites for hydroxylation is 1. The molecule has 11 heteroatoms. The molecule has 0 bridgehead atoms. The van der Waals surface area contributed by atoms with E-state index in [2.05, 4.69) is 9.71 Å². The SMILES string of the molecule is CC(=O)c1c(C)[nH]c(C(=O)[C@@H](C)OC(=O)[C@@H](C)NS(=O)(=O)c2ccc(Cl)c(Cl)c2)c1C. The third-order valence-corrected chi connectivity index (χ3v) is 6.86. The lowest BCUT2D eigenvalue weighted by molar-refractivity contribution is -0.147. The van der Waals surface area contributed by atoms with Gasteiger partial charge in [0.2, 0.25) is 15.8 Å². The molecule has 168 valence electrons. The molecule has 2 rings (SSSR count). The van der Waals surface area contributed by atoms with Crippen LogP contribution in [0.2, 0.25) is 10.0 Å². The van der Waals surface area contributed by atoms with Crippen molar-refractivity contribution < 1.29 is 27.5 Å². The van der Waals surface area contributed by atoms with Gasteiger partial charge in [0, 0.05) is 11.3 Å². The van der Waals surface area contributed by atoms with Crippen molar-refractivity contribution in [3.05, 3.63) is 50.8 Å². The van der Waals surface area contributed by atoms with Crippen LogP contribution >= 0.6 is 23.2 Å². The van der Waals surface area contributed by atoms with Crippen LogP contribution in [0, 0.1) is 13.8 Å². The summed E-state index contributed by atoms with van der Waals surface area (Å²) >= 11 is 11.6. The van der Waals surface area contributed by atoms with Gasteiger partial charge in [-0.3, -0.25) is 14.4 Å². The fourth-order valence-corrected chi connectivity index (χ4v) is 4.63. The Morgan fingerprint density at radius 3 is 2.23 bits per heavy atom. The number of carbonyl (C=O) groups excluding carboxylic acids is 3. The maximum absolute atomic E-state index is 12.7. The van der Waals surface area contributed by atoms with Crippen LogP contribution in [0.1, 0.15) is 52.9 Å². The van der Waals surface area contributed by atoms with Gasteiger partial charge in [0.1, 0.15) is 6.04 Å². The van der Waals surface area contributed by atoms with Crippen LogP contribution in [0.25, 0.3) is 0 Å². The van der Waals surface area contributed by atoms with Crippen LogP contribution in [0.15, 0.2) is 23.1 Å². The topological polar surface area (TPSA) is 122 Å². The first-order valence-electron chi connectivity index (χ1n) is 9.18. The smallest absolute Gasteiger partial charge is 0.324 e. The van der Waals surface area contributed by atoms with Crippen LogP contribution in [0.3, 0.4) is 0 Å². The summed E-state index contributed by atoms with van der Waals surface area (Å²) in [6.45, 7) is 7.32. The first-order chi connectivity index (χ1) is 14.3. The molecule has 0 aliphatic rings. The molecule has 0 aliphatic carbocycles. The highest BCUT2D eigenvalue weighted by atomic mass is 35.5. The van der Waals surface area contributed by atoms with E-state index in [0.29, 0.717) is 16.8 Å². The Kier molecular flexibility index (Phi) is 7.70. The second kappa shape index (κ2) is 9.52. The van der Waals surface area contributed by atoms with Crippen molar-refractivity contribution in [2.75, 3.05) is 0 Å². The summed E-state index contributed by atoms with van der Waals surface area (Å²) in [5, 5.41) is 0.226. The van der Waals surface area contributed by atoms with Crippen LogP contribution in [0.4, 0.5) is 0 Å². The molecule has 1 aromatic heterocycles. The Hall–Kier alpha value is -2.20. The van der Waals surface area contributed by atoms with E-state index in [1.54, 1.807) is 13.8 Å². The molecular weight excluding hydrogens is 467 g/mol. The zero-order valence-electron chi connectivity index (χ0n) is 17.5. The number of carbonyl (C=O) groups is 3. The lowest BCUT2D eigenvalue weighted by Gasteiger charge is -2.17. The molecular formula is C20H22Cl2N2O6S. The maximum atomic E-state index is 12.7. The number of hydrogen-bond donors (Lipinski definition) is 2. The number of Topliss-reactive ketones (excluding diaryl/α,β-unsaturated/α-hetero) is 2. The number of H-pyrrole nitrogens is 1. The van der Waals surface area contributed by atoms with E-state index in [4.69, 9.17) is 27.9 Å². The van der Waals surface area contributed by atoms with Crippen molar-refractivity contribution in [2.45, 2.75) is 51.7 Å². The minimum atomic E-state index is -4.09. The van der Waals surface area contributed by atoms with Crippen molar-refractivity contribution in [1.29, 1.82) is 0 Å². The van der Waals surface area contributed by atoms with Gasteiger partial charge in [-0.15, -0.1) is 0 Å². The van der Waals surface area contributed by atoms with Crippen molar-refractivity contribution in [2.24, 2.45) is 0 Å². The lowest BCUT2D eigenvalue weighted by Crippen LogP contribution is -2.41. The van der Waals surface area contributed by atoms with E-state index < -0.39 is 33.9 Å². The Bertz CT molecular complexity index is 1160. The van der Waals surface area contributed by atoms with E-state index in [-0.39, 0.29) is 26.4 Å². The van der Waals surface area contributed by atoms with E-state index >= 15 is 0 Å². The highest BCUT2D eigenvalue weighted by Crippen LogP contribution is 2.25. The molecule has 0 unspecified atom stereocenters. The number of nitrogens with one attached hydrogen (secondary N) is 2. The number of aromatic nitrogens is 1. The molecule has 0 fully saturated rings. The molecule has 0 amide bonds. The fraction of sp³-hybridized carbons (Fsp3) is 0.350. The van der Waals surface area contributed by atoms with Crippen LogP contribution in [-0.4, -0.2) is 43.1 Å². The predicted octanol–water partition coefficient (Wildman–Crippen LogP) is 3.62. The number of ether oxygens (including phenoxy) is 1. The Labute approximate surface area is 190 Å². The van der Waals surface area contributed by atoms with Gasteiger partial charge in [0.15, 0.2) is 11.9 Å². The average molecular weight is 489 g/mol. The molecule has 2 N–H and O–H groups in total. The van der Waals surface area contributed by atoms with Gasteiger partial charge in [-0.1, -0.05) is 23.2 Å². The molecule has 1 aromatic carbocycles. The van der Waals surface area contributed by atoms with Gasteiger partial charge >= 0.3 is 5.97 Å². The van der Waals surface area contributed by atoms with Gasteiger partial charge in [0.25, 0.3) is 0 Å². The standard InChI is InChI=1S/C20H22Cl2N2O6S/c1-9-17(12(4)25)10(2)23-18(9)19(26)13(5)30-20(27)11(3)24-31(28,29)14-6-7-15(21)16(22)8-14/h6-8,11,13,23-24H,1-5H3/t11-,13-/m1/s1. The molecule has 2 atom stereocenters. The number of halogens is 2. The van der Waals surface area contributed by atoms with E-state index in [0.717, 1.165) is 6.07 Å². The largest absolute Gasteiger partial charge is 0.453 e. The third kappa shape index (κ3) is 5.54. The van der Waals surface area contributed by atoms with Gasteiger partial charge in [-0.25, -0.2) is 8.42 Å². The Morgan fingerprint density at radius 1 is 1.10 bits per heavy atom. The molecule has 2 aromatic rings. The van der Waals surface area contributed by atoms with Crippen LogP contribution < -0.4 is 4.72 Å². The summed E-state index contributed by atoms with van der Waals surface area (Å²) in [7, 11) is -4.09. The van der Waals surface area contributed by atoms with E-state index in [1.807, 2.05) is 0 Å². The van der Waals surface area contributed by atoms with Crippen molar-refractivity contribution >= 4 is 50.8 Å². The first-order valence-corrected chi connectivity index (χ1v) is 11.4. The number of esters is 1. The van der Waals surface area contributed by atoms with Gasteiger partial charge in [-0.2, -0.15) is 4.72 Å². The van der Waals surface area contributed by atoms with Gasteiger partial charge < -0.3 is 9.72 Å². The van der Waals surface area contributed by atoms with Crippen molar-refractivity contribution in [1.82, 2.24) is 9.71 Å². The highest BCUT2D eigenvalue weighted by molar-refractivity contribution is 7.89. The maximum Gasteiger partial charge on any atom is 0.324 e. The Balaban J connectivity index is 2.12. The molecule has 0 saturated heterocycles. The van der Waals surface area contributed by atoms with Crippen LogP contribution in [0.5, 0.6) is 0 Å². The summed E-state index contributed by atoms with van der Waals surface area (Å²) in [6.07, 6.45) is -1.21. The summed E-state index contributed by atoms with van der Waals surface area (Å²) in [6, 6.07) is 2.43. The normalized spacial score (nSPS) is 13.5. The zero-order valence-corrected chi connectivity index (χ0v) is 19.8. The number of rotatable bonds is 8. The summed E-state index contributed by atoms with van der Waals surface area (Å²) < 4.78 is 32.3. The number of aromatic amines is 1.